The lowest BCUT2D eigenvalue weighted by atomic mass is 10.1. The Morgan fingerprint density at radius 2 is 1.62 bits per heavy atom. The Balaban J connectivity index is 1.65. The van der Waals surface area contributed by atoms with Gasteiger partial charge >= 0.3 is 0 Å². The number of hydrogen-bond donors (Lipinski definition) is 2. The first kappa shape index (κ1) is 17.5. The number of rotatable bonds is 5. The first-order chi connectivity index (χ1) is 12.5. The summed E-state index contributed by atoms with van der Waals surface area (Å²) in [5.74, 6) is 0.363. The van der Waals surface area contributed by atoms with Gasteiger partial charge in [-0.1, -0.05) is 18.2 Å². The number of aromatic nitrogens is 1. The summed E-state index contributed by atoms with van der Waals surface area (Å²) in [7, 11) is 4.02. The van der Waals surface area contributed by atoms with E-state index >= 15 is 0 Å². The summed E-state index contributed by atoms with van der Waals surface area (Å²) in [4.78, 5) is 18.7. The second kappa shape index (κ2) is 7.70. The van der Waals surface area contributed by atoms with Gasteiger partial charge in [0.2, 0.25) is 0 Å². The summed E-state index contributed by atoms with van der Waals surface area (Å²) >= 11 is 0. The zero-order valence-corrected chi connectivity index (χ0v) is 15.2. The lowest BCUT2D eigenvalue weighted by molar-refractivity contribution is 0.102. The predicted octanol–water partition coefficient (Wildman–Crippen LogP) is 4.45. The van der Waals surface area contributed by atoms with Crippen molar-refractivity contribution in [1.29, 1.82) is 0 Å². The molecule has 0 atom stereocenters. The molecule has 0 fully saturated rings. The molecule has 1 aromatic heterocycles. The quantitative estimate of drug-likeness (QED) is 0.716. The molecule has 1 heterocycles. The number of benzene rings is 2. The molecule has 1 amide bonds. The standard InChI is InChI=1S/C21H22N4O/c1-15-6-4-5-7-19(15)21(26)24-20-13-10-17(14-22-20)23-16-8-11-18(12-9-16)25(2)3/h4-14,23H,1-3H3,(H,22,24,26). The van der Waals surface area contributed by atoms with Gasteiger partial charge in [0, 0.05) is 31.0 Å². The van der Waals surface area contributed by atoms with E-state index in [1.54, 1.807) is 18.3 Å². The molecule has 3 aromatic rings. The molecule has 0 bridgehead atoms. The van der Waals surface area contributed by atoms with Gasteiger partial charge in [-0.05, 0) is 55.0 Å². The van der Waals surface area contributed by atoms with Gasteiger partial charge in [-0.25, -0.2) is 4.98 Å². The zero-order chi connectivity index (χ0) is 18.5. The van der Waals surface area contributed by atoms with Crippen LogP contribution in [-0.4, -0.2) is 25.0 Å². The lowest BCUT2D eigenvalue weighted by Gasteiger charge is -2.13. The second-order valence-corrected chi connectivity index (χ2v) is 6.27. The minimum absolute atomic E-state index is 0.157. The number of aryl methyl sites for hydroxylation is 1. The summed E-state index contributed by atoms with van der Waals surface area (Å²) in [6.07, 6.45) is 1.70. The highest BCUT2D eigenvalue weighted by Crippen LogP contribution is 2.20. The van der Waals surface area contributed by atoms with Gasteiger partial charge in [-0.2, -0.15) is 0 Å². The molecule has 0 saturated heterocycles. The van der Waals surface area contributed by atoms with Crippen molar-refractivity contribution >= 4 is 28.8 Å². The Kier molecular flexibility index (Phi) is 5.17. The fraction of sp³-hybridized carbons (Fsp3) is 0.143. The predicted molar refractivity (Wildman–Crippen MR) is 107 cm³/mol. The summed E-state index contributed by atoms with van der Waals surface area (Å²) in [6, 6.07) is 19.3. The largest absolute Gasteiger partial charge is 0.378 e. The molecule has 3 rings (SSSR count). The van der Waals surface area contributed by atoms with Crippen molar-refractivity contribution in [3.63, 3.8) is 0 Å². The number of amides is 1. The van der Waals surface area contributed by atoms with Crippen LogP contribution in [0.2, 0.25) is 0 Å². The molecule has 2 aromatic carbocycles. The van der Waals surface area contributed by atoms with E-state index < -0.39 is 0 Å². The van der Waals surface area contributed by atoms with Crippen LogP contribution in [0.15, 0.2) is 66.9 Å². The van der Waals surface area contributed by atoms with Gasteiger partial charge in [-0.3, -0.25) is 4.79 Å². The van der Waals surface area contributed by atoms with Crippen LogP contribution in [0.3, 0.4) is 0 Å². The number of nitrogens with zero attached hydrogens (tertiary/aromatic N) is 2. The first-order valence-corrected chi connectivity index (χ1v) is 8.40. The Morgan fingerprint density at radius 3 is 2.23 bits per heavy atom. The van der Waals surface area contributed by atoms with Crippen LogP contribution in [0.5, 0.6) is 0 Å². The maximum Gasteiger partial charge on any atom is 0.257 e. The minimum atomic E-state index is -0.157. The number of nitrogens with one attached hydrogen (secondary N) is 2. The van der Waals surface area contributed by atoms with Crippen molar-refractivity contribution in [2.24, 2.45) is 0 Å². The Labute approximate surface area is 153 Å². The number of hydrogen-bond acceptors (Lipinski definition) is 4. The van der Waals surface area contributed by atoms with Crippen LogP contribution in [0.25, 0.3) is 0 Å². The van der Waals surface area contributed by atoms with E-state index in [1.807, 2.05) is 69.6 Å². The molecule has 0 aliphatic rings. The summed E-state index contributed by atoms with van der Waals surface area (Å²) in [5, 5.41) is 6.12. The first-order valence-electron chi connectivity index (χ1n) is 8.40. The van der Waals surface area contributed by atoms with E-state index in [2.05, 4.69) is 20.5 Å². The fourth-order valence-corrected chi connectivity index (χ4v) is 2.56. The average molecular weight is 346 g/mol. The van der Waals surface area contributed by atoms with Crippen molar-refractivity contribution in [1.82, 2.24) is 4.98 Å². The molecule has 5 nitrogen and oxygen atoms in total. The molecular weight excluding hydrogens is 324 g/mol. The smallest absolute Gasteiger partial charge is 0.257 e. The molecule has 0 saturated carbocycles. The third-order valence-electron chi connectivity index (χ3n) is 4.07. The highest BCUT2D eigenvalue weighted by molar-refractivity contribution is 6.04. The van der Waals surface area contributed by atoms with Gasteiger partial charge in [-0.15, -0.1) is 0 Å². The fourth-order valence-electron chi connectivity index (χ4n) is 2.56. The van der Waals surface area contributed by atoms with Crippen LogP contribution in [0.1, 0.15) is 15.9 Å². The van der Waals surface area contributed by atoms with Gasteiger partial charge in [0.25, 0.3) is 5.91 Å². The third-order valence-corrected chi connectivity index (χ3v) is 4.07. The number of carbonyl (C=O) groups excluding carboxylic acids is 1. The maximum atomic E-state index is 12.3. The molecule has 0 radical (unpaired) electrons. The Morgan fingerprint density at radius 1 is 0.923 bits per heavy atom. The molecule has 132 valence electrons. The van der Waals surface area contributed by atoms with E-state index in [9.17, 15) is 4.79 Å². The molecule has 26 heavy (non-hydrogen) atoms. The zero-order valence-electron chi connectivity index (χ0n) is 15.2. The van der Waals surface area contributed by atoms with Crippen LogP contribution in [0, 0.1) is 6.92 Å². The summed E-state index contributed by atoms with van der Waals surface area (Å²) in [5.41, 5.74) is 4.57. The molecule has 0 aliphatic carbocycles. The SMILES string of the molecule is Cc1ccccc1C(=O)Nc1ccc(Nc2ccc(N(C)C)cc2)cn1. The van der Waals surface area contributed by atoms with Crippen molar-refractivity contribution in [2.75, 3.05) is 29.6 Å². The highest BCUT2D eigenvalue weighted by atomic mass is 16.1. The van der Waals surface area contributed by atoms with Crippen molar-refractivity contribution in [3.8, 4) is 0 Å². The van der Waals surface area contributed by atoms with E-state index in [4.69, 9.17) is 0 Å². The monoisotopic (exact) mass is 346 g/mol. The number of pyridine rings is 1. The third kappa shape index (κ3) is 4.19. The average Bonchev–Trinajstić information content (AvgIpc) is 2.64. The topological polar surface area (TPSA) is 57.3 Å². The highest BCUT2D eigenvalue weighted by Gasteiger charge is 2.09. The van der Waals surface area contributed by atoms with Crippen LogP contribution in [-0.2, 0) is 0 Å². The summed E-state index contributed by atoms with van der Waals surface area (Å²) in [6.45, 7) is 1.91. The Bertz CT molecular complexity index is 887. The van der Waals surface area contributed by atoms with E-state index in [1.165, 1.54) is 0 Å². The molecule has 0 aliphatic heterocycles. The van der Waals surface area contributed by atoms with E-state index in [0.717, 1.165) is 22.6 Å². The van der Waals surface area contributed by atoms with Crippen LogP contribution in [0.4, 0.5) is 22.9 Å². The second-order valence-electron chi connectivity index (χ2n) is 6.27. The molecule has 0 spiro atoms. The molecule has 0 unspecified atom stereocenters. The number of carbonyl (C=O) groups is 1. The lowest BCUT2D eigenvalue weighted by Crippen LogP contribution is -2.14. The van der Waals surface area contributed by atoms with Gasteiger partial charge < -0.3 is 15.5 Å². The Hall–Kier alpha value is -3.34. The van der Waals surface area contributed by atoms with Crippen LogP contribution < -0.4 is 15.5 Å². The molecule has 5 heteroatoms. The van der Waals surface area contributed by atoms with Crippen molar-refractivity contribution in [3.05, 3.63) is 78.0 Å². The van der Waals surface area contributed by atoms with Crippen molar-refractivity contribution in [2.45, 2.75) is 6.92 Å². The van der Waals surface area contributed by atoms with E-state index in [-0.39, 0.29) is 5.91 Å². The van der Waals surface area contributed by atoms with Gasteiger partial charge in [0.15, 0.2) is 0 Å². The number of anilines is 4. The van der Waals surface area contributed by atoms with Crippen LogP contribution >= 0.6 is 0 Å². The molecular formula is C21H22N4O. The normalized spacial score (nSPS) is 10.3. The van der Waals surface area contributed by atoms with Crippen molar-refractivity contribution < 1.29 is 4.79 Å². The van der Waals surface area contributed by atoms with E-state index in [0.29, 0.717) is 11.4 Å². The maximum absolute atomic E-state index is 12.3. The van der Waals surface area contributed by atoms with Gasteiger partial charge in [0.1, 0.15) is 5.82 Å². The minimum Gasteiger partial charge on any atom is -0.378 e. The molecule has 2 N–H and O–H groups in total. The summed E-state index contributed by atoms with van der Waals surface area (Å²) < 4.78 is 0. The van der Waals surface area contributed by atoms with Gasteiger partial charge in [0.05, 0.1) is 11.9 Å².